The first-order chi connectivity index (χ1) is 18.8. The molecule has 0 N–H and O–H groups in total. The van der Waals surface area contributed by atoms with Crippen LogP contribution in [0.15, 0.2) is 40.6 Å². The highest BCUT2D eigenvalue weighted by atomic mass is 35.5. The molecule has 212 valence electrons. The summed E-state index contributed by atoms with van der Waals surface area (Å²) in [5.74, 6) is -2.62. The molecule has 0 aromatic heterocycles. The van der Waals surface area contributed by atoms with Crippen molar-refractivity contribution >= 4 is 52.9 Å². The molecule has 0 saturated heterocycles. The van der Waals surface area contributed by atoms with Gasteiger partial charge in [-0.1, -0.05) is 39.6 Å². The molecule has 40 heavy (non-hydrogen) atoms. The Kier molecular flexibility index (Phi) is 8.08. The van der Waals surface area contributed by atoms with E-state index in [1.807, 2.05) is 0 Å². The third kappa shape index (κ3) is 5.22. The van der Waals surface area contributed by atoms with E-state index in [1.54, 1.807) is 6.92 Å². The average Bonchev–Trinajstić information content (AvgIpc) is 3.56. The molecule has 0 saturated carbocycles. The minimum Gasteiger partial charge on any atom is -0.461 e. The van der Waals surface area contributed by atoms with Gasteiger partial charge in [0.1, 0.15) is 0 Å². The van der Waals surface area contributed by atoms with Crippen LogP contribution < -0.4 is 0 Å². The summed E-state index contributed by atoms with van der Waals surface area (Å²) in [4.78, 5) is 47.4. The number of imide groups is 1. The summed E-state index contributed by atoms with van der Waals surface area (Å²) in [5, 5.41) is 5.98. The number of alkyl halides is 3. The predicted octanol–water partition coefficient (Wildman–Crippen LogP) is 5.29. The van der Waals surface area contributed by atoms with E-state index >= 15 is 0 Å². The van der Waals surface area contributed by atoms with Crippen LogP contribution >= 0.6 is 23.2 Å². The summed E-state index contributed by atoms with van der Waals surface area (Å²) in [6, 6.07) is 5.58. The molecule has 2 aliphatic rings. The van der Waals surface area contributed by atoms with Gasteiger partial charge in [0, 0.05) is 17.5 Å². The zero-order chi connectivity index (χ0) is 29.4. The maximum Gasteiger partial charge on any atom is 0.435 e. The molecule has 2 heterocycles. The fraction of sp³-hybridized carbons (Fsp3) is 0.320. The molecule has 0 bridgehead atoms. The average molecular weight is 604 g/mol. The number of benzene rings is 2. The second kappa shape index (κ2) is 11.0. The monoisotopic (exact) mass is 603 g/mol. The van der Waals surface area contributed by atoms with Crippen molar-refractivity contribution in [3.05, 3.63) is 68.4 Å². The Hall–Kier alpha value is -3.71. The lowest BCUT2D eigenvalue weighted by molar-refractivity contribution is -0.275. The van der Waals surface area contributed by atoms with E-state index in [0.29, 0.717) is 10.5 Å². The van der Waals surface area contributed by atoms with Crippen LogP contribution in [0, 0.1) is 12.7 Å². The maximum absolute atomic E-state index is 14.3. The van der Waals surface area contributed by atoms with Gasteiger partial charge in [0.25, 0.3) is 11.5 Å². The first-order valence-corrected chi connectivity index (χ1v) is 12.3. The van der Waals surface area contributed by atoms with Crippen LogP contribution in [0.2, 0.25) is 10.0 Å². The standard InChI is InChI=1S/C25H19Cl2F4N3O6/c1-3-38-23(37)18-9-20(39-32-18)34(11-35)22(36)15-5-4-13(6-12(15)2)19-10-24(40-33-19,25(29,30)31)14-7-16(26)21(28)17(27)8-14/h4-8,11,20H,3,9-10H2,1-2H3/t20?,24-/m0/s1. The van der Waals surface area contributed by atoms with Gasteiger partial charge in [0.2, 0.25) is 12.6 Å². The Labute approximate surface area is 234 Å². The van der Waals surface area contributed by atoms with Crippen molar-refractivity contribution in [2.75, 3.05) is 6.61 Å². The van der Waals surface area contributed by atoms with E-state index in [2.05, 4.69) is 10.3 Å². The minimum absolute atomic E-state index is 0.0303. The van der Waals surface area contributed by atoms with Gasteiger partial charge < -0.3 is 14.4 Å². The van der Waals surface area contributed by atoms with Crippen molar-refractivity contribution in [2.24, 2.45) is 10.3 Å². The number of rotatable bonds is 7. The Balaban J connectivity index is 1.56. The molecule has 0 radical (unpaired) electrons. The number of halogens is 6. The molecule has 2 aromatic rings. The van der Waals surface area contributed by atoms with E-state index < -0.39 is 57.7 Å². The van der Waals surface area contributed by atoms with Crippen LogP contribution in [0.3, 0.4) is 0 Å². The molecular weight excluding hydrogens is 585 g/mol. The zero-order valence-electron chi connectivity index (χ0n) is 20.7. The van der Waals surface area contributed by atoms with Crippen molar-refractivity contribution in [1.29, 1.82) is 0 Å². The van der Waals surface area contributed by atoms with Gasteiger partial charge in [-0.05, 0) is 49.2 Å². The normalized spacial score (nSPS) is 20.2. The third-order valence-corrected chi connectivity index (χ3v) is 6.80. The molecule has 2 aliphatic heterocycles. The summed E-state index contributed by atoms with van der Waals surface area (Å²) < 4.78 is 61.6. The molecule has 2 amide bonds. The van der Waals surface area contributed by atoms with Crippen LogP contribution in [0.25, 0.3) is 0 Å². The number of amides is 2. The van der Waals surface area contributed by atoms with Crippen LogP contribution in [-0.4, -0.2) is 53.6 Å². The second-order valence-corrected chi connectivity index (χ2v) is 9.57. The first-order valence-electron chi connectivity index (χ1n) is 11.6. The van der Waals surface area contributed by atoms with Crippen molar-refractivity contribution in [3.63, 3.8) is 0 Å². The van der Waals surface area contributed by atoms with Gasteiger partial charge in [-0.2, -0.15) is 13.2 Å². The molecule has 0 aliphatic carbocycles. The summed E-state index contributed by atoms with van der Waals surface area (Å²) in [6.07, 6.45) is -6.96. The van der Waals surface area contributed by atoms with Gasteiger partial charge in [-0.3, -0.25) is 9.59 Å². The number of carbonyl (C=O) groups is 3. The number of hydrogen-bond acceptors (Lipinski definition) is 8. The van der Waals surface area contributed by atoms with E-state index in [1.165, 1.54) is 25.1 Å². The smallest absolute Gasteiger partial charge is 0.435 e. The number of hydrogen-bond donors (Lipinski definition) is 0. The topological polar surface area (TPSA) is 107 Å². The van der Waals surface area contributed by atoms with Gasteiger partial charge in [0.05, 0.1) is 28.8 Å². The molecule has 2 aromatic carbocycles. The lowest BCUT2D eigenvalue weighted by Crippen LogP contribution is -2.42. The zero-order valence-corrected chi connectivity index (χ0v) is 22.2. The number of esters is 1. The van der Waals surface area contributed by atoms with Crippen LogP contribution in [0.1, 0.15) is 46.8 Å². The highest BCUT2D eigenvalue weighted by Gasteiger charge is 2.62. The Bertz CT molecular complexity index is 1430. The largest absolute Gasteiger partial charge is 0.461 e. The van der Waals surface area contributed by atoms with E-state index in [-0.39, 0.29) is 42.0 Å². The molecule has 15 heteroatoms. The van der Waals surface area contributed by atoms with Gasteiger partial charge >= 0.3 is 12.1 Å². The number of carbonyl (C=O) groups excluding carboxylic acids is 3. The minimum atomic E-state index is -5.00. The molecule has 4 rings (SSSR count). The Morgan fingerprint density at radius 1 is 1.20 bits per heavy atom. The summed E-state index contributed by atoms with van der Waals surface area (Å²) in [5.41, 5.74) is -3.23. The molecule has 9 nitrogen and oxygen atoms in total. The SMILES string of the molecule is CCOC(=O)C1=NOC(N(C=O)C(=O)c2ccc(C3=NO[C@@](c4cc(Cl)c(F)c(Cl)c4)(C(F)(F)F)C3)cc2C)C1. The van der Waals surface area contributed by atoms with Gasteiger partial charge in [-0.15, -0.1) is 0 Å². The van der Waals surface area contributed by atoms with Crippen molar-refractivity contribution < 1.29 is 46.4 Å². The van der Waals surface area contributed by atoms with Crippen LogP contribution in [0.4, 0.5) is 17.6 Å². The van der Waals surface area contributed by atoms with Gasteiger partial charge in [0.15, 0.2) is 11.5 Å². The van der Waals surface area contributed by atoms with Crippen molar-refractivity contribution in [2.45, 2.75) is 44.7 Å². The molecule has 0 fully saturated rings. The quantitative estimate of drug-likeness (QED) is 0.184. The Morgan fingerprint density at radius 2 is 1.88 bits per heavy atom. The predicted molar refractivity (Wildman–Crippen MR) is 133 cm³/mol. The Morgan fingerprint density at radius 3 is 2.45 bits per heavy atom. The first kappa shape index (κ1) is 29.3. The summed E-state index contributed by atoms with van der Waals surface area (Å²) in [7, 11) is 0. The third-order valence-electron chi connectivity index (χ3n) is 6.25. The number of oxime groups is 2. The highest BCUT2D eigenvalue weighted by molar-refractivity contribution is 6.37. The lowest BCUT2D eigenvalue weighted by atomic mass is 9.86. The fourth-order valence-electron chi connectivity index (χ4n) is 4.16. The second-order valence-electron chi connectivity index (χ2n) is 8.75. The van der Waals surface area contributed by atoms with Crippen molar-refractivity contribution in [1.82, 2.24) is 4.90 Å². The summed E-state index contributed by atoms with van der Waals surface area (Å²) >= 11 is 11.5. The molecule has 2 atom stereocenters. The highest BCUT2D eigenvalue weighted by Crippen LogP contribution is 2.50. The number of nitrogens with zero attached hydrogens (tertiary/aromatic N) is 3. The molecule has 0 spiro atoms. The lowest BCUT2D eigenvalue weighted by Gasteiger charge is -2.29. The van der Waals surface area contributed by atoms with E-state index in [9.17, 15) is 31.9 Å². The maximum atomic E-state index is 14.3. The van der Waals surface area contributed by atoms with Gasteiger partial charge in [-0.25, -0.2) is 14.1 Å². The van der Waals surface area contributed by atoms with Crippen LogP contribution in [-0.2, 0) is 29.6 Å². The number of aryl methyl sites for hydroxylation is 1. The van der Waals surface area contributed by atoms with E-state index in [4.69, 9.17) is 37.6 Å². The number of ether oxygens (including phenoxy) is 1. The van der Waals surface area contributed by atoms with E-state index in [0.717, 1.165) is 12.1 Å². The van der Waals surface area contributed by atoms with Crippen LogP contribution in [0.5, 0.6) is 0 Å². The molecular formula is C25H19Cl2F4N3O6. The van der Waals surface area contributed by atoms with Crippen molar-refractivity contribution in [3.8, 4) is 0 Å². The summed E-state index contributed by atoms with van der Waals surface area (Å²) in [6.45, 7) is 3.19. The fourth-order valence-corrected chi connectivity index (χ4v) is 4.65. The molecule has 1 unspecified atom stereocenters.